The number of amides is 1. The van der Waals surface area contributed by atoms with Crippen LogP contribution in [0.4, 0.5) is 0 Å². The summed E-state index contributed by atoms with van der Waals surface area (Å²) in [7, 11) is 4.15. The molecule has 6 nitrogen and oxygen atoms in total. The Morgan fingerprint density at radius 1 is 1.26 bits per heavy atom. The molecule has 1 aliphatic heterocycles. The summed E-state index contributed by atoms with van der Waals surface area (Å²) in [4.78, 5) is 21.5. The van der Waals surface area contributed by atoms with Gasteiger partial charge < -0.3 is 19.5 Å². The van der Waals surface area contributed by atoms with Crippen molar-refractivity contribution in [2.24, 2.45) is 0 Å². The first-order valence-corrected chi connectivity index (χ1v) is 9.69. The number of aliphatic hydroxyl groups excluding tert-OH is 1. The number of aromatic nitrogens is 2. The van der Waals surface area contributed by atoms with Gasteiger partial charge in [0.1, 0.15) is 5.82 Å². The third-order valence-electron chi connectivity index (χ3n) is 5.24. The van der Waals surface area contributed by atoms with E-state index in [-0.39, 0.29) is 12.5 Å². The number of imidazole rings is 1. The Bertz CT molecular complexity index is 739. The molecular formula is C21H30N4O2. The Hall–Kier alpha value is -2.18. The number of carbonyl (C=O) groups is 1. The fraction of sp³-hybridized carbons (Fsp3) is 0.524. The van der Waals surface area contributed by atoms with Crippen LogP contribution in [0.1, 0.15) is 35.7 Å². The second kappa shape index (κ2) is 9.15. The molecule has 0 saturated carbocycles. The van der Waals surface area contributed by atoms with Crippen molar-refractivity contribution < 1.29 is 9.90 Å². The summed E-state index contributed by atoms with van der Waals surface area (Å²) in [5.74, 6) is 1.57. The van der Waals surface area contributed by atoms with E-state index in [0.717, 1.165) is 56.0 Å². The lowest BCUT2D eigenvalue weighted by molar-refractivity contribution is -0.131. The normalized spacial score (nSPS) is 17.5. The molecule has 2 heterocycles. The highest BCUT2D eigenvalue weighted by molar-refractivity contribution is 5.79. The van der Waals surface area contributed by atoms with Gasteiger partial charge in [0.05, 0.1) is 13.0 Å². The number of piperidine rings is 1. The minimum Gasteiger partial charge on any atom is -0.392 e. The standard InChI is InChI=1S/C21H30N4O2/c1-23(2)12-13-24-11-9-22-21(24)19-4-3-10-25(15-19)20(27)14-17-5-7-18(16-26)8-6-17/h5-9,11,19,26H,3-4,10,12-16H2,1-2H3/t19-/m0/s1. The highest BCUT2D eigenvalue weighted by Crippen LogP contribution is 2.26. The van der Waals surface area contributed by atoms with Gasteiger partial charge in [0.2, 0.25) is 5.91 Å². The Kier molecular flexibility index (Phi) is 6.63. The minimum atomic E-state index is 0.0303. The maximum absolute atomic E-state index is 12.8. The molecule has 1 N–H and O–H groups in total. The van der Waals surface area contributed by atoms with Crippen molar-refractivity contribution in [3.8, 4) is 0 Å². The van der Waals surface area contributed by atoms with Crippen molar-refractivity contribution in [2.45, 2.75) is 38.3 Å². The third-order valence-corrected chi connectivity index (χ3v) is 5.24. The quantitative estimate of drug-likeness (QED) is 0.808. The van der Waals surface area contributed by atoms with E-state index in [2.05, 4.69) is 28.5 Å². The van der Waals surface area contributed by atoms with Crippen molar-refractivity contribution in [2.75, 3.05) is 33.7 Å². The molecular weight excluding hydrogens is 340 g/mol. The molecule has 2 aromatic rings. The van der Waals surface area contributed by atoms with Gasteiger partial charge in [0.25, 0.3) is 0 Å². The van der Waals surface area contributed by atoms with E-state index < -0.39 is 0 Å². The molecule has 0 bridgehead atoms. The molecule has 1 aliphatic rings. The molecule has 1 atom stereocenters. The molecule has 0 spiro atoms. The molecule has 3 rings (SSSR count). The van der Waals surface area contributed by atoms with E-state index in [1.165, 1.54) is 0 Å². The molecule has 1 aromatic carbocycles. The monoisotopic (exact) mass is 370 g/mol. The predicted octanol–water partition coefficient (Wildman–Crippen LogP) is 1.89. The molecule has 1 saturated heterocycles. The van der Waals surface area contributed by atoms with Gasteiger partial charge in [-0.25, -0.2) is 4.98 Å². The molecule has 0 unspecified atom stereocenters. The number of carbonyl (C=O) groups excluding carboxylic acids is 1. The summed E-state index contributed by atoms with van der Waals surface area (Å²) >= 11 is 0. The number of rotatable bonds is 7. The smallest absolute Gasteiger partial charge is 0.227 e. The van der Waals surface area contributed by atoms with Crippen LogP contribution in [0.3, 0.4) is 0 Å². The summed E-state index contributed by atoms with van der Waals surface area (Å²) in [5, 5.41) is 9.14. The summed E-state index contributed by atoms with van der Waals surface area (Å²) in [6, 6.07) is 7.62. The average Bonchev–Trinajstić information content (AvgIpc) is 3.15. The van der Waals surface area contributed by atoms with Crippen molar-refractivity contribution in [3.63, 3.8) is 0 Å². The van der Waals surface area contributed by atoms with Crippen molar-refractivity contribution in [1.29, 1.82) is 0 Å². The van der Waals surface area contributed by atoms with Gasteiger partial charge in [-0.2, -0.15) is 0 Å². The van der Waals surface area contributed by atoms with E-state index in [0.29, 0.717) is 12.3 Å². The van der Waals surface area contributed by atoms with Crippen LogP contribution in [0.5, 0.6) is 0 Å². The molecule has 0 radical (unpaired) electrons. The van der Waals surface area contributed by atoms with Gasteiger partial charge in [0, 0.05) is 44.5 Å². The maximum Gasteiger partial charge on any atom is 0.227 e. The van der Waals surface area contributed by atoms with Gasteiger partial charge in [0.15, 0.2) is 0 Å². The summed E-state index contributed by atoms with van der Waals surface area (Å²) < 4.78 is 2.23. The summed E-state index contributed by atoms with van der Waals surface area (Å²) in [6.07, 6.45) is 6.42. The first-order valence-electron chi connectivity index (χ1n) is 9.69. The van der Waals surface area contributed by atoms with Crippen molar-refractivity contribution in [1.82, 2.24) is 19.4 Å². The molecule has 6 heteroatoms. The largest absolute Gasteiger partial charge is 0.392 e. The maximum atomic E-state index is 12.8. The Balaban J connectivity index is 1.62. The second-order valence-electron chi connectivity index (χ2n) is 7.61. The van der Waals surface area contributed by atoms with Crippen LogP contribution in [0.15, 0.2) is 36.7 Å². The van der Waals surface area contributed by atoms with E-state index in [9.17, 15) is 4.79 Å². The van der Waals surface area contributed by atoms with Crippen LogP contribution in [0.2, 0.25) is 0 Å². The minimum absolute atomic E-state index is 0.0303. The number of likely N-dealkylation sites (N-methyl/N-ethyl adjacent to an activating group) is 1. The SMILES string of the molecule is CN(C)CCn1ccnc1[C@H]1CCCN(C(=O)Cc2ccc(CO)cc2)C1. The topological polar surface area (TPSA) is 61.6 Å². The highest BCUT2D eigenvalue weighted by atomic mass is 16.3. The molecule has 1 fully saturated rings. The lowest BCUT2D eigenvalue weighted by Crippen LogP contribution is -2.40. The summed E-state index contributed by atoms with van der Waals surface area (Å²) in [5.41, 5.74) is 1.86. The number of hydrogen-bond acceptors (Lipinski definition) is 4. The van der Waals surface area contributed by atoms with Gasteiger partial charge in [-0.3, -0.25) is 4.79 Å². The molecule has 27 heavy (non-hydrogen) atoms. The average molecular weight is 370 g/mol. The first kappa shape index (κ1) is 19.6. The zero-order valence-corrected chi connectivity index (χ0v) is 16.3. The lowest BCUT2D eigenvalue weighted by Gasteiger charge is -2.33. The van der Waals surface area contributed by atoms with Crippen LogP contribution >= 0.6 is 0 Å². The van der Waals surface area contributed by atoms with Crippen molar-refractivity contribution >= 4 is 5.91 Å². The molecule has 1 amide bonds. The predicted molar refractivity (Wildman–Crippen MR) is 105 cm³/mol. The Labute approximate surface area is 161 Å². The first-order chi connectivity index (χ1) is 13.1. The molecule has 146 valence electrons. The fourth-order valence-electron chi connectivity index (χ4n) is 3.64. The van der Waals surface area contributed by atoms with Crippen molar-refractivity contribution in [3.05, 3.63) is 53.6 Å². The van der Waals surface area contributed by atoms with Gasteiger partial charge >= 0.3 is 0 Å². The zero-order chi connectivity index (χ0) is 19.2. The number of nitrogens with zero attached hydrogens (tertiary/aromatic N) is 4. The molecule has 0 aliphatic carbocycles. The number of benzene rings is 1. The highest BCUT2D eigenvalue weighted by Gasteiger charge is 2.27. The van der Waals surface area contributed by atoms with Crippen LogP contribution in [0.25, 0.3) is 0 Å². The Morgan fingerprint density at radius 2 is 2.00 bits per heavy atom. The van der Waals surface area contributed by atoms with Crippen LogP contribution in [-0.2, 0) is 24.4 Å². The van der Waals surface area contributed by atoms with Gasteiger partial charge in [-0.05, 0) is 38.1 Å². The van der Waals surface area contributed by atoms with Crippen LogP contribution in [-0.4, -0.2) is 64.1 Å². The van der Waals surface area contributed by atoms with E-state index in [1.54, 1.807) is 0 Å². The Morgan fingerprint density at radius 3 is 2.70 bits per heavy atom. The second-order valence-corrected chi connectivity index (χ2v) is 7.61. The number of aliphatic hydroxyl groups is 1. The number of likely N-dealkylation sites (tertiary alicyclic amines) is 1. The summed E-state index contributed by atoms with van der Waals surface area (Å²) in [6.45, 7) is 3.49. The van der Waals surface area contributed by atoms with E-state index >= 15 is 0 Å². The van der Waals surface area contributed by atoms with Gasteiger partial charge in [-0.15, -0.1) is 0 Å². The third kappa shape index (κ3) is 5.17. The van der Waals surface area contributed by atoms with Crippen LogP contribution < -0.4 is 0 Å². The lowest BCUT2D eigenvalue weighted by atomic mass is 9.96. The molecule has 1 aromatic heterocycles. The van der Waals surface area contributed by atoms with E-state index in [4.69, 9.17) is 5.11 Å². The van der Waals surface area contributed by atoms with E-state index in [1.807, 2.05) is 41.6 Å². The zero-order valence-electron chi connectivity index (χ0n) is 16.3. The fourth-order valence-corrected chi connectivity index (χ4v) is 3.64. The van der Waals surface area contributed by atoms with Crippen LogP contribution in [0, 0.1) is 0 Å². The van der Waals surface area contributed by atoms with Gasteiger partial charge in [-0.1, -0.05) is 24.3 Å². The number of hydrogen-bond donors (Lipinski definition) is 1.